The zero-order chi connectivity index (χ0) is 19.2. The third-order valence-corrected chi connectivity index (χ3v) is 4.71. The van der Waals surface area contributed by atoms with Gasteiger partial charge < -0.3 is 16.8 Å². The first-order valence-corrected chi connectivity index (χ1v) is 9.06. The number of nitrogen functional groups attached to an aromatic ring is 2. The fraction of sp³-hybridized carbons (Fsp3) is 0.235. The van der Waals surface area contributed by atoms with Gasteiger partial charge in [0.15, 0.2) is 11.6 Å². The van der Waals surface area contributed by atoms with E-state index in [0.29, 0.717) is 29.6 Å². The van der Waals surface area contributed by atoms with Crippen molar-refractivity contribution in [2.24, 2.45) is 4.99 Å². The number of aliphatic imine (C=N–C) groups is 1. The predicted octanol–water partition coefficient (Wildman–Crippen LogP) is 2.14. The number of nitrogens with two attached hydrogens (primary N) is 2. The molecule has 0 aliphatic rings. The smallest absolute Gasteiger partial charge is 0.169 e. The lowest BCUT2D eigenvalue weighted by atomic mass is 10.2. The number of thiophene rings is 1. The molecular formula is C17H19N9S. The summed E-state index contributed by atoms with van der Waals surface area (Å²) in [6.07, 6.45) is 6.75. The van der Waals surface area contributed by atoms with Gasteiger partial charge in [0.25, 0.3) is 0 Å². The Morgan fingerprint density at radius 3 is 3.04 bits per heavy atom. The van der Waals surface area contributed by atoms with Crippen LogP contribution < -0.4 is 16.8 Å². The maximum Gasteiger partial charge on any atom is 0.169 e. The van der Waals surface area contributed by atoms with Crippen LogP contribution in [0.3, 0.4) is 0 Å². The summed E-state index contributed by atoms with van der Waals surface area (Å²) in [4.78, 5) is 14.9. The summed E-state index contributed by atoms with van der Waals surface area (Å²) in [6.45, 7) is 3.39. The van der Waals surface area contributed by atoms with Crippen LogP contribution in [-0.4, -0.2) is 32.5 Å². The molecule has 0 atom stereocenters. The third-order valence-electron chi connectivity index (χ3n) is 3.63. The number of nitrogens with zero attached hydrogens (tertiary/aromatic N) is 6. The first-order valence-electron chi connectivity index (χ1n) is 8.25. The molecule has 0 spiro atoms. The lowest BCUT2D eigenvalue weighted by Gasteiger charge is -2.08. The minimum atomic E-state index is 0.178. The quantitative estimate of drug-likeness (QED) is 0.532. The molecule has 3 aromatic heterocycles. The van der Waals surface area contributed by atoms with Crippen molar-refractivity contribution in [3.63, 3.8) is 0 Å². The van der Waals surface area contributed by atoms with Crippen molar-refractivity contribution >= 4 is 34.9 Å². The van der Waals surface area contributed by atoms with E-state index in [9.17, 15) is 0 Å². The molecule has 9 nitrogen and oxygen atoms in total. The van der Waals surface area contributed by atoms with Gasteiger partial charge in [-0.1, -0.05) is 0 Å². The topological polar surface area (TPSA) is 144 Å². The van der Waals surface area contributed by atoms with Crippen LogP contribution in [0.15, 0.2) is 29.6 Å². The Morgan fingerprint density at radius 2 is 2.26 bits per heavy atom. The van der Waals surface area contributed by atoms with Gasteiger partial charge in [-0.25, -0.2) is 9.97 Å². The molecule has 0 saturated heterocycles. The van der Waals surface area contributed by atoms with Crippen molar-refractivity contribution in [2.75, 3.05) is 23.3 Å². The number of nitriles is 1. The van der Waals surface area contributed by atoms with Gasteiger partial charge in [0.2, 0.25) is 0 Å². The van der Waals surface area contributed by atoms with Crippen molar-refractivity contribution in [3.05, 3.63) is 34.4 Å². The van der Waals surface area contributed by atoms with Crippen LogP contribution >= 0.6 is 11.3 Å². The monoisotopic (exact) mass is 381 g/mol. The fourth-order valence-corrected chi connectivity index (χ4v) is 3.25. The van der Waals surface area contributed by atoms with E-state index < -0.39 is 0 Å². The molecule has 3 heterocycles. The van der Waals surface area contributed by atoms with Gasteiger partial charge in [-0.3, -0.25) is 9.67 Å². The largest absolute Gasteiger partial charge is 0.398 e. The first-order chi connectivity index (χ1) is 13.1. The Hall–Kier alpha value is -3.45. The van der Waals surface area contributed by atoms with Crippen LogP contribution in [0, 0.1) is 11.3 Å². The molecule has 27 heavy (non-hydrogen) atoms. The average molecular weight is 381 g/mol. The summed E-state index contributed by atoms with van der Waals surface area (Å²) in [5.41, 5.74) is 14.0. The Morgan fingerprint density at radius 1 is 1.41 bits per heavy atom. The second kappa shape index (κ2) is 8.29. The van der Waals surface area contributed by atoms with Crippen molar-refractivity contribution < 1.29 is 0 Å². The van der Waals surface area contributed by atoms with Gasteiger partial charge in [0.05, 0.1) is 41.3 Å². The Kier molecular flexibility index (Phi) is 5.63. The maximum atomic E-state index is 8.75. The van der Waals surface area contributed by atoms with Gasteiger partial charge in [-0.2, -0.15) is 10.4 Å². The van der Waals surface area contributed by atoms with Crippen molar-refractivity contribution in [1.82, 2.24) is 19.7 Å². The minimum Gasteiger partial charge on any atom is -0.398 e. The second-order valence-electron chi connectivity index (χ2n) is 5.59. The second-order valence-corrected chi connectivity index (χ2v) is 6.76. The zero-order valence-electron chi connectivity index (χ0n) is 14.8. The van der Waals surface area contributed by atoms with Gasteiger partial charge >= 0.3 is 0 Å². The molecule has 0 fully saturated rings. The molecule has 3 rings (SSSR count). The van der Waals surface area contributed by atoms with E-state index in [1.807, 2.05) is 19.1 Å². The summed E-state index contributed by atoms with van der Waals surface area (Å²) < 4.78 is 1.54. The Bertz CT molecular complexity index is 996. The van der Waals surface area contributed by atoms with E-state index in [-0.39, 0.29) is 6.54 Å². The van der Waals surface area contributed by atoms with E-state index in [0.717, 1.165) is 21.9 Å². The number of aromatic nitrogens is 4. The zero-order valence-corrected chi connectivity index (χ0v) is 15.6. The van der Waals surface area contributed by atoms with E-state index in [4.69, 9.17) is 16.7 Å². The van der Waals surface area contributed by atoms with Gasteiger partial charge in [0, 0.05) is 29.4 Å². The molecule has 5 N–H and O–H groups in total. The van der Waals surface area contributed by atoms with Gasteiger partial charge in [0.1, 0.15) is 6.54 Å². The molecule has 0 aliphatic carbocycles. The molecule has 0 radical (unpaired) electrons. The van der Waals surface area contributed by atoms with Crippen LogP contribution in [0.5, 0.6) is 0 Å². The van der Waals surface area contributed by atoms with Crippen LogP contribution in [0.1, 0.15) is 16.7 Å². The summed E-state index contributed by atoms with van der Waals surface area (Å²) in [7, 11) is 0. The molecule has 138 valence electrons. The third kappa shape index (κ3) is 4.39. The predicted molar refractivity (Wildman–Crippen MR) is 107 cm³/mol. The number of anilines is 3. The number of rotatable bonds is 7. The van der Waals surface area contributed by atoms with Crippen molar-refractivity contribution in [1.29, 1.82) is 5.26 Å². The molecule has 0 aliphatic heterocycles. The van der Waals surface area contributed by atoms with Crippen LogP contribution in [0.4, 0.5) is 17.3 Å². The SMILES string of the molecule is CCN=Cc1sc(CNc2nc(-c3cnn(CC#N)c3)cnc2N)cc1N. The highest BCUT2D eigenvalue weighted by Gasteiger charge is 2.10. The number of hydrogen-bond donors (Lipinski definition) is 3. The summed E-state index contributed by atoms with van der Waals surface area (Å²) >= 11 is 1.56. The molecule has 10 heteroatoms. The normalized spacial score (nSPS) is 11.0. The van der Waals surface area contributed by atoms with E-state index >= 15 is 0 Å². The molecular weight excluding hydrogens is 362 g/mol. The van der Waals surface area contributed by atoms with Crippen LogP contribution in [0.2, 0.25) is 0 Å². The minimum absolute atomic E-state index is 0.178. The molecule has 0 aromatic carbocycles. The highest BCUT2D eigenvalue weighted by Crippen LogP contribution is 2.25. The number of hydrogen-bond acceptors (Lipinski definition) is 9. The average Bonchev–Trinajstić information content (AvgIpc) is 3.26. The molecule has 0 amide bonds. The number of nitrogens with one attached hydrogen (secondary N) is 1. The lowest BCUT2D eigenvalue weighted by molar-refractivity contribution is 0.710. The summed E-state index contributed by atoms with van der Waals surface area (Å²) in [6, 6.07) is 3.95. The lowest BCUT2D eigenvalue weighted by Crippen LogP contribution is -2.06. The molecule has 0 saturated carbocycles. The van der Waals surface area contributed by atoms with Crippen LogP contribution in [0.25, 0.3) is 11.3 Å². The van der Waals surface area contributed by atoms with Crippen molar-refractivity contribution in [2.45, 2.75) is 20.0 Å². The first kappa shape index (κ1) is 18.3. The molecule has 0 bridgehead atoms. The van der Waals surface area contributed by atoms with Crippen molar-refractivity contribution in [3.8, 4) is 17.3 Å². The van der Waals surface area contributed by atoms with E-state index in [2.05, 4.69) is 25.4 Å². The Balaban J connectivity index is 1.75. The molecule has 0 unspecified atom stereocenters. The standard InChI is InChI=1S/C17H19N9S/c1-2-21-9-15-13(19)5-12(27-15)7-23-17-16(20)22-8-14(25-17)11-6-24-26(10-11)4-3-18/h5-6,8-10H,2,4,7,19H2,1H3,(H2,20,22)(H,23,25). The maximum absolute atomic E-state index is 8.75. The Labute approximate surface area is 160 Å². The summed E-state index contributed by atoms with van der Waals surface area (Å²) in [5, 5.41) is 16.1. The summed E-state index contributed by atoms with van der Waals surface area (Å²) in [5.74, 6) is 0.789. The fourth-order valence-electron chi connectivity index (χ4n) is 2.33. The van der Waals surface area contributed by atoms with Crippen LogP contribution in [-0.2, 0) is 13.1 Å². The van der Waals surface area contributed by atoms with Gasteiger partial charge in [-0.15, -0.1) is 11.3 Å². The van der Waals surface area contributed by atoms with E-state index in [1.165, 1.54) is 4.68 Å². The highest BCUT2D eigenvalue weighted by atomic mass is 32.1. The van der Waals surface area contributed by atoms with Gasteiger partial charge in [-0.05, 0) is 13.0 Å². The highest BCUT2D eigenvalue weighted by molar-refractivity contribution is 7.14. The molecule has 3 aromatic rings. The van der Waals surface area contributed by atoms with E-state index in [1.54, 1.807) is 36.1 Å².